The Bertz CT molecular complexity index is 567. The number of allylic oxidation sites excluding steroid dienone is 4. The molecular formula is C24H40N2O3. The molecule has 5 nitrogen and oxygen atoms in total. The maximum Gasteiger partial charge on any atom is 0.330 e. The lowest BCUT2D eigenvalue weighted by molar-refractivity contribution is -0.132. The van der Waals surface area contributed by atoms with Crippen LogP contribution in [0.5, 0.6) is 0 Å². The second-order valence-electron chi connectivity index (χ2n) is 7.76. The van der Waals surface area contributed by atoms with Gasteiger partial charge < -0.3 is 16.2 Å². The summed E-state index contributed by atoms with van der Waals surface area (Å²) in [5, 5.41) is 10.9. The number of amides is 1. The Kier molecular flexibility index (Phi) is 15.5. The number of hydrogen-bond acceptors (Lipinski definition) is 3. The molecule has 5 heteroatoms. The Morgan fingerprint density at radius 1 is 0.862 bits per heavy atom. The first-order valence-corrected chi connectivity index (χ1v) is 10.6. The molecule has 2 rings (SSSR count). The third-order valence-electron chi connectivity index (χ3n) is 4.68. The standard InChI is InChI=1S/C12H19NO.C8H15N.C4H6O2/c1-10(2)12(14)13-11-8-6-4-3-5-7-9-11;9-8-6-4-2-1-3-5-7-8;1-3(2)4(5)6/h3-4,11H,1,5-9H2,2H3,(H,13,14);1-2,8H,3-7,9H2;1H2,2H3,(H,5,6)/b4-3-;2-1-;. The Morgan fingerprint density at radius 3 is 1.86 bits per heavy atom. The zero-order valence-corrected chi connectivity index (χ0v) is 18.3. The van der Waals surface area contributed by atoms with Crippen LogP contribution < -0.4 is 11.1 Å². The molecule has 29 heavy (non-hydrogen) atoms. The minimum atomic E-state index is -0.935. The predicted molar refractivity (Wildman–Crippen MR) is 122 cm³/mol. The Balaban J connectivity index is 0.000000448. The molecule has 0 aliphatic heterocycles. The van der Waals surface area contributed by atoms with Crippen molar-refractivity contribution in [2.45, 2.75) is 90.1 Å². The summed E-state index contributed by atoms with van der Waals surface area (Å²) in [4.78, 5) is 21.0. The van der Waals surface area contributed by atoms with E-state index >= 15 is 0 Å². The fourth-order valence-electron chi connectivity index (χ4n) is 2.80. The molecule has 4 N–H and O–H groups in total. The molecule has 2 aliphatic carbocycles. The third-order valence-corrected chi connectivity index (χ3v) is 4.68. The number of hydrogen-bond donors (Lipinski definition) is 3. The summed E-state index contributed by atoms with van der Waals surface area (Å²) in [6.45, 7) is 9.99. The molecule has 2 unspecified atom stereocenters. The van der Waals surface area contributed by atoms with Crippen molar-refractivity contribution in [1.29, 1.82) is 0 Å². The van der Waals surface area contributed by atoms with Crippen LogP contribution in [0.2, 0.25) is 0 Å². The molecule has 0 radical (unpaired) electrons. The van der Waals surface area contributed by atoms with Crippen molar-refractivity contribution >= 4 is 11.9 Å². The highest BCUT2D eigenvalue weighted by molar-refractivity contribution is 5.92. The maximum atomic E-state index is 11.4. The molecular weight excluding hydrogens is 364 g/mol. The van der Waals surface area contributed by atoms with E-state index in [0.29, 0.717) is 17.7 Å². The van der Waals surface area contributed by atoms with Gasteiger partial charge in [-0.1, -0.05) is 37.5 Å². The number of aliphatic carboxylic acids is 1. The van der Waals surface area contributed by atoms with E-state index in [4.69, 9.17) is 10.8 Å². The number of carboxylic acids is 1. The van der Waals surface area contributed by atoms with Crippen LogP contribution in [0.1, 0.15) is 78.1 Å². The van der Waals surface area contributed by atoms with Gasteiger partial charge in [0.05, 0.1) is 0 Å². The monoisotopic (exact) mass is 404 g/mol. The molecule has 1 amide bonds. The lowest BCUT2D eigenvalue weighted by atomic mass is 10.0. The molecule has 0 saturated heterocycles. The van der Waals surface area contributed by atoms with Gasteiger partial charge in [-0.3, -0.25) is 4.79 Å². The van der Waals surface area contributed by atoms with E-state index in [0.717, 1.165) is 32.1 Å². The first-order chi connectivity index (χ1) is 13.7. The molecule has 0 bridgehead atoms. The number of carbonyl (C=O) groups excluding carboxylic acids is 1. The van der Waals surface area contributed by atoms with Gasteiger partial charge in [0.1, 0.15) is 0 Å². The number of carboxylic acid groups (broad SMARTS) is 1. The van der Waals surface area contributed by atoms with Gasteiger partial charge in [-0.05, 0) is 78.1 Å². The topological polar surface area (TPSA) is 92.4 Å². The molecule has 2 aliphatic rings. The second-order valence-corrected chi connectivity index (χ2v) is 7.76. The summed E-state index contributed by atoms with van der Waals surface area (Å²) in [6.07, 6.45) is 20.5. The largest absolute Gasteiger partial charge is 0.478 e. The highest BCUT2D eigenvalue weighted by Gasteiger charge is 2.12. The molecule has 0 heterocycles. The smallest absolute Gasteiger partial charge is 0.330 e. The van der Waals surface area contributed by atoms with E-state index in [1.807, 2.05) is 0 Å². The van der Waals surface area contributed by atoms with Crippen molar-refractivity contribution in [3.8, 4) is 0 Å². The summed E-state index contributed by atoms with van der Waals surface area (Å²) in [5.41, 5.74) is 6.55. The lowest BCUT2D eigenvalue weighted by Gasteiger charge is -2.19. The van der Waals surface area contributed by atoms with Crippen molar-refractivity contribution in [1.82, 2.24) is 5.32 Å². The SMILES string of the molecule is C=C(C)C(=O)NC1CC/C=C\CCC1.C=C(C)C(=O)O.NC1CC/C=C\CCC1. The molecule has 0 aromatic rings. The zero-order chi connectivity index (χ0) is 22.1. The molecule has 0 spiro atoms. The van der Waals surface area contributed by atoms with Crippen LogP contribution in [0.25, 0.3) is 0 Å². The van der Waals surface area contributed by atoms with Crippen molar-refractivity contribution in [3.63, 3.8) is 0 Å². The molecule has 2 atom stereocenters. The van der Waals surface area contributed by atoms with Gasteiger partial charge in [0.15, 0.2) is 0 Å². The van der Waals surface area contributed by atoms with Crippen LogP contribution in [0.4, 0.5) is 0 Å². The summed E-state index contributed by atoms with van der Waals surface area (Å²) >= 11 is 0. The first-order valence-electron chi connectivity index (χ1n) is 10.6. The van der Waals surface area contributed by atoms with E-state index in [2.05, 4.69) is 42.8 Å². The van der Waals surface area contributed by atoms with E-state index < -0.39 is 5.97 Å². The maximum absolute atomic E-state index is 11.4. The normalized spacial score (nSPS) is 23.6. The van der Waals surface area contributed by atoms with Gasteiger partial charge in [0.2, 0.25) is 5.91 Å². The van der Waals surface area contributed by atoms with Gasteiger partial charge in [0, 0.05) is 23.2 Å². The zero-order valence-electron chi connectivity index (χ0n) is 18.3. The summed E-state index contributed by atoms with van der Waals surface area (Å²) in [6, 6.07) is 0.805. The van der Waals surface area contributed by atoms with Crippen molar-refractivity contribution in [2.75, 3.05) is 0 Å². The molecule has 164 valence electrons. The Morgan fingerprint density at radius 2 is 1.34 bits per heavy atom. The van der Waals surface area contributed by atoms with Crippen molar-refractivity contribution in [3.05, 3.63) is 48.6 Å². The molecule has 0 saturated carbocycles. The fourth-order valence-corrected chi connectivity index (χ4v) is 2.80. The number of carbonyl (C=O) groups is 2. The molecule has 0 aromatic heterocycles. The van der Waals surface area contributed by atoms with Gasteiger partial charge in [-0.2, -0.15) is 0 Å². The second kappa shape index (κ2) is 16.8. The van der Waals surface area contributed by atoms with Gasteiger partial charge in [-0.15, -0.1) is 0 Å². The van der Waals surface area contributed by atoms with Crippen LogP contribution in [0.3, 0.4) is 0 Å². The lowest BCUT2D eigenvalue weighted by Crippen LogP contribution is -2.35. The minimum absolute atomic E-state index is 0.000414. The van der Waals surface area contributed by atoms with Crippen LogP contribution in [-0.4, -0.2) is 29.1 Å². The van der Waals surface area contributed by atoms with Crippen LogP contribution in [0, 0.1) is 0 Å². The average Bonchev–Trinajstić information content (AvgIpc) is 2.61. The minimum Gasteiger partial charge on any atom is -0.478 e. The summed E-state index contributed by atoms with van der Waals surface area (Å²) in [7, 11) is 0. The highest BCUT2D eigenvalue weighted by atomic mass is 16.4. The first kappa shape index (κ1) is 26.9. The molecule has 0 fully saturated rings. The van der Waals surface area contributed by atoms with E-state index in [9.17, 15) is 9.59 Å². The molecule has 0 aromatic carbocycles. The van der Waals surface area contributed by atoms with Crippen LogP contribution in [-0.2, 0) is 9.59 Å². The quantitative estimate of drug-likeness (QED) is 0.453. The van der Waals surface area contributed by atoms with Crippen LogP contribution in [0.15, 0.2) is 48.6 Å². The fraction of sp³-hybridized carbons (Fsp3) is 0.583. The van der Waals surface area contributed by atoms with E-state index in [1.165, 1.54) is 39.0 Å². The van der Waals surface area contributed by atoms with Gasteiger partial charge in [0.25, 0.3) is 0 Å². The Hall–Kier alpha value is -2.14. The average molecular weight is 405 g/mol. The van der Waals surface area contributed by atoms with Crippen LogP contribution >= 0.6 is 0 Å². The van der Waals surface area contributed by atoms with Gasteiger partial charge in [-0.25, -0.2) is 4.79 Å². The van der Waals surface area contributed by atoms with Gasteiger partial charge >= 0.3 is 5.97 Å². The van der Waals surface area contributed by atoms with E-state index in [1.54, 1.807) is 6.92 Å². The number of nitrogens with one attached hydrogen (secondary N) is 1. The third kappa shape index (κ3) is 16.5. The number of nitrogens with two attached hydrogens (primary N) is 1. The predicted octanol–water partition coefficient (Wildman–Crippen LogP) is 5.05. The van der Waals surface area contributed by atoms with Crippen molar-refractivity contribution < 1.29 is 14.7 Å². The summed E-state index contributed by atoms with van der Waals surface area (Å²) in [5.74, 6) is -0.936. The van der Waals surface area contributed by atoms with Crippen molar-refractivity contribution in [2.24, 2.45) is 5.73 Å². The van der Waals surface area contributed by atoms with E-state index in [-0.39, 0.29) is 11.5 Å². The number of rotatable bonds is 3. The highest BCUT2D eigenvalue weighted by Crippen LogP contribution is 2.12. The Labute approximate surface area is 176 Å². The summed E-state index contributed by atoms with van der Waals surface area (Å²) < 4.78 is 0.